The first-order valence-electron chi connectivity index (χ1n) is 12.5. The number of amides is 1. The maximum atomic E-state index is 13.7. The third kappa shape index (κ3) is 7.05. The molecule has 192 valence electrons. The highest BCUT2D eigenvalue weighted by Crippen LogP contribution is 2.23. The van der Waals surface area contributed by atoms with Gasteiger partial charge in [0, 0.05) is 37.7 Å². The summed E-state index contributed by atoms with van der Waals surface area (Å²) in [6.07, 6.45) is 0.508. The lowest BCUT2D eigenvalue weighted by molar-refractivity contribution is -0.131. The maximum absolute atomic E-state index is 13.7. The van der Waals surface area contributed by atoms with Gasteiger partial charge in [-0.3, -0.25) is 14.4 Å². The molecule has 0 aliphatic carbocycles. The van der Waals surface area contributed by atoms with E-state index in [1.54, 1.807) is 30.3 Å². The molecule has 1 amide bonds. The molecule has 1 fully saturated rings. The molecule has 3 aromatic carbocycles. The van der Waals surface area contributed by atoms with E-state index in [0.717, 1.165) is 35.5 Å². The predicted molar refractivity (Wildman–Crippen MR) is 142 cm³/mol. The molecule has 1 heterocycles. The number of carbonyl (C=O) groups is 3. The summed E-state index contributed by atoms with van der Waals surface area (Å²) in [5.74, 6) is -0.325. The van der Waals surface area contributed by atoms with Crippen molar-refractivity contribution in [3.8, 4) is 5.75 Å². The number of ketones is 1. The average molecular weight is 501 g/mol. The maximum Gasteiger partial charge on any atom is 0.308 e. The molecule has 1 N–H and O–H groups in total. The summed E-state index contributed by atoms with van der Waals surface area (Å²) in [6, 6.07) is 21.5. The smallest absolute Gasteiger partial charge is 0.308 e. The topological polar surface area (TPSA) is 84.9 Å². The molecule has 37 heavy (non-hydrogen) atoms. The number of Topliss-reactive ketones (excluding diaryl/α,β-unsaturated/α-hetero) is 1. The Labute approximate surface area is 217 Å². The largest absolute Gasteiger partial charge is 0.427 e. The Morgan fingerprint density at radius 2 is 1.62 bits per heavy atom. The van der Waals surface area contributed by atoms with Crippen LogP contribution < -0.4 is 15.0 Å². The number of ether oxygens (including phenoxy) is 2. The first-order valence-corrected chi connectivity index (χ1v) is 12.5. The fourth-order valence-corrected chi connectivity index (χ4v) is 4.49. The molecule has 4 rings (SSSR count). The molecule has 1 aliphatic heterocycles. The molecule has 7 heteroatoms. The summed E-state index contributed by atoms with van der Waals surface area (Å²) >= 11 is 0. The lowest BCUT2D eigenvalue weighted by Gasteiger charge is -2.30. The van der Waals surface area contributed by atoms with Crippen molar-refractivity contribution >= 4 is 23.3 Å². The zero-order chi connectivity index (χ0) is 26.2. The fraction of sp³-hybridized carbons (Fsp3) is 0.300. The van der Waals surface area contributed by atoms with Crippen molar-refractivity contribution < 1.29 is 23.9 Å². The number of esters is 1. The minimum absolute atomic E-state index is 0.0771. The number of anilines is 1. The fourth-order valence-electron chi connectivity index (χ4n) is 4.49. The molecule has 7 nitrogen and oxygen atoms in total. The van der Waals surface area contributed by atoms with Gasteiger partial charge in [0.05, 0.1) is 19.3 Å². The quantitative estimate of drug-likeness (QED) is 0.354. The molecular formula is C30H32N2O5. The highest BCUT2D eigenvalue weighted by Gasteiger charge is 2.25. The zero-order valence-corrected chi connectivity index (χ0v) is 21.2. The summed E-state index contributed by atoms with van der Waals surface area (Å²) in [5, 5.41) is 2.98. The monoisotopic (exact) mass is 500 g/mol. The zero-order valence-electron chi connectivity index (χ0n) is 21.2. The molecule has 3 aromatic rings. The van der Waals surface area contributed by atoms with Gasteiger partial charge in [0.2, 0.25) is 0 Å². The van der Waals surface area contributed by atoms with Crippen molar-refractivity contribution in [2.75, 3.05) is 31.2 Å². The Bertz CT molecular complexity index is 1250. The third-order valence-electron chi connectivity index (χ3n) is 6.42. The third-order valence-corrected chi connectivity index (χ3v) is 6.42. The lowest BCUT2D eigenvalue weighted by Crippen LogP contribution is -2.43. The van der Waals surface area contributed by atoms with Crippen molar-refractivity contribution in [2.24, 2.45) is 0 Å². The highest BCUT2D eigenvalue weighted by molar-refractivity contribution is 5.99. The molecular weight excluding hydrogens is 468 g/mol. The van der Waals surface area contributed by atoms with E-state index >= 15 is 0 Å². The Morgan fingerprint density at radius 1 is 0.946 bits per heavy atom. The standard InChI is InChI=1S/C30H32N2O5/c1-21-7-3-5-9-26(21)30(35)31-27(19-23-11-13-25(14-12-23)37-22(2)33)29(34)20-24-8-4-6-10-28(24)32-15-17-36-18-16-32/h3-14,27H,15-20H2,1-2H3,(H,31,35). The normalized spacial score (nSPS) is 14.1. The first kappa shape index (κ1) is 26.1. The van der Waals surface area contributed by atoms with E-state index < -0.39 is 12.0 Å². The van der Waals surface area contributed by atoms with E-state index in [-0.39, 0.29) is 18.1 Å². The number of carbonyl (C=O) groups excluding carboxylic acids is 3. The minimum atomic E-state index is -0.732. The molecule has 1 aliphatic rings. The van der Waals surface area contributed by atoms with E-state index in [2.05, 4.69) is 10.2 Å². The second kappa shape index (κ2) is 12.3. The van der Waals surface area contributed by atoms with Crippen LogP contribution in [0.3, 0.4) is 0 Å². The summed E-state index contributed by atoms with van der Waals surface area (Å²) < 4.78 is 10.6. The van der Waals surface area contributed by atoms with Crippen LogP contribution in [-0.2, 0) is 27.2 Å². The predicted octanol–water partition coefficient (Wildman–Crippen LogP) is 3.91. The van der Waals surface area contributed by atoms with Gasteiger partial charge in [-0.1, -0.05) is 48.5 Å². The van der Waals surface area contributed by atoms with Crippen LogP contribution in [0.15, 0.2) is 72.8 Å². The van der Waals surface area contributed by atoms with Gasteiger partial charge in [-0.15, -0.1) is 0 Å². The molecule has 0 radical (unpaired) electrons. The van der Waals surface area contributed by atoms with Gasteiger partial charge in [-0.25, -0.2) is 0 Å². The van der Waals surface area contributed by atoms with Crippen LogP contribution in [0, 0.1) is 6.92 Å². The molecule has 0 saturated carbocycles. The summed E-state index contributed by atoms with van der Waals surface area (Å²) in [7, 11) is 0. The van der Waals surface area contributed by atoms with Crippen molar-refractivity contribution in [1.82, 2.24) is 5.32 Å². The van der Waals surface area contributed by atoms with Crippen molar-refractivity contribution in [3.05, 3.63) is 95.1 Å². The van der Waals surface area contributed by atoms with E-state index in [0.29, 0.717) is 30.9 Å². The molecule has 0 aromatic heterocycles. The van der Waals surface area contributed by atoms with Gasteiger partial charge in [-0.2, -0.15) is 0 Å². The van der Waals surface area contributed by atoms with Crippen molar-refractivity contribution in [3.63, 3.8) is 0 Å². The van der Waals surface area contributed by atoms with Gasteiger partial charge in [0.1, 0.15) is 5.75 Å². The van der Waals surface area contributed by atoms with Gasteiger partial charge >= 0.3 is 5.97 Å². The van der Waals surface area contributed by atoms with Crippen molar-refractivity contribution in [1.29, 1.82) is 0 Å². The number of hydrogen-bond donors (Lipinski definition) is 1. The van der Waals surface area contributed by atoms with E-state index in [1.165, 1.54) is 6.92 Å². The van der Waals surface area contributed by atoms with E-state index in [1.807, 2.05) is 49.4 Å². The Balaban J connectivity index is 1.56. The number of rotatable bonds is 9. The van der Waals surface area contributed by atoms with Gasteiger partial charge in [-0.05, 0) is 54.3 Å². The van der Waals surface area contributed by atoms with Crippen LogP contribution >= 0.6 is 0 Å². The number of morpholine rings is 1. The molecule has 1 saturated heterocycles. The van der Waals surface area contributed by atoms with Crippen LogP contribution in [0.25, 0.3) is 0 Å². The van der Waals surface area contributed by atoms with Crippen LogP contribution in [-0.4, -0.2) is 50.0 Å². The van der Waals surface area contributed by atoms with Gasteiger partial charge in [0.15, 0.2) is 5.78 Å². The Morgan fingerprint density at radius 3 is 2.32 bits per heavy atom. The van der Waals surface area contributed by atoms with Crippen LogP contribution in [0.1, 0.15) is 34.0 Å². The lowest BCUT2D eigenvalue weighted by atomic mass is 9.96. The SMILES string of the molecule is CC(=O)Oc1ccc(CC(NC(=O)c2ccccc2C)C(=O)Cc2ccccc2N2CCOCC2)cc1. The number of aryl methyl sites for hydroxylation is 1. The molecule has 1 unspecified atom stereocenters. The van der Waals surface area contributed by atoms with Crippen molar-refractivity contribution in [2.45, 2.75) is 32.7 Å². The van der Waals surface area contributed by atoms with Crippen LogP contribution in [0.5, 0.6) is 5.75 Å². The van der Waals surface area contributed by atoms with E-state index in [4.69, 9.17) is 9.47 Å². The second-order valence-electron chi connectivity index (χ2n) is 9.15. The first-order chi connectivity index (χ1) is 17.9. The second-order valence-corrected chi connectivity index (χ2v) is 9.15. The number of nitrogens with zero attached hydrogens (tertiary/aromatic N) is 1. The molecule has 0 bridgehead atoms. The molecule has 0 spiro atoms. The number of hydrogen-bond acceptors (Lipinski definition) is 6. The number of para-hydroxylation sites is 1. The van der Waals surface area contributed by atoms with Gasteiger partial charge in [0.25, 0.3) is 5.91 Å². The van der Waals surface area contributed by atoms with Gasteiger partial charge < -0.3 is 19.7 Å². The van der Waals surface area contributed by atoms with Crippen LogP contribution in [0.2, 0.25) is 0 Å². The average Bonchev–Trinajstić information content (AvgIpc) is 2.90. The highest BCUT2D eigenvalue weighted by atomic mass is 16.5. The minimum Gasteiger partial charge on any atom is -0.427 e. The number of benzene rings is 3. The summed E-state index contributed by atoms with van der Waals surface area (Å²) in [4.78, 5) is 40.3. The number of nitrogens with one attached hydrogen (secondary N) is 1. The Kier molecular flexibility index (Phi) is 8.69. The molecule has 1 atom stereocenters. The summed E-state index contributed by atoms with van der Waals surface area (Å²) in [5.41, 5.74) is 4.18. The van der Waals surface area contributed by atoms with E-state index in [9.17, 15) is 14.4 Å². The summed E-state index contributed by atoms with van der Waals surface area (Å²) in [6.45, 7) is 6.07. The van der Waals surface area contributed by atoms with Crippen LogP contribution in [0.4, 0.5) is 5.69 Å². The Hall–Kier alpha value is -3.97.